The second-order valence-electron chi connectivity index (χ2n) is 6.74. The molecule has 0 bridgehead atoms. The predicted molar refractivity (Wildman–Crippen MR) is 124 cm³/mol. The lowest BCUT2D eigenvalue weighted by atomic mass is 10.1. The number of nitrogens with one attached hydrogen (secondary N) is 1. The van der Waals surface area contributed by atoms with Gasteiger partial charge in [-0.2, -0.15) is 0 Å². The number of hydrogen-bond donors (Lipinski definition) is 1. The lowest BCUT2D eigenvalue weighted by Crippen LogP contribution is -1.98. The third kappa shape index (κ3) is 4.78. The minimum Gasteiger partial charge on any atom is -0.497 e. The monoisotopic (exact) mass is 455 g/mol. The van der Waals surface area contributed by atoms with Gasteiger partial charge in [-0.15, -0.1) is 11.3 Å². The fourth-order valence-electron chi connectivity index (χ4n) is 3.11. The van der Waals surface area contributed by atoms with Gasteiger partial charge in [-0.05, 0) is 35.4 Å². The Morgan fingerprint density at radius 2 is 1.71 bits per heavy atom. The molecule has 0 unspecified atom stereocenters. The maximum absolute atomic E-state index is 12.3. The van der Waals surface area contributed by atoms with Gasteiger partial charge in [0.05, 0.1) is 29.7 Å². The molecule has 0 radical (unpaired) electrons. The summed E-state index contributed by atoms with van der Waals surface area (Å²) >= 11 is 1.61. The lowest BCUT2D eigenvalue weighted by Gasteiger charge is -2.13. The second-order valence-corrected chi connectivity index (χ2v) is 9.92. The average molecular weight is 455 g/mol. The van der Waals surface area contributed by atoms with Crippen LogP contribution in [0.4, 0.5) is 11.6 Å². The van der Waals surface area contributed by atoms with Crippen molar-refractivity contribution < 1.29 is 18.3 Å². The first-order valence-electron chi connectivity index (χ1n) is 9.49. The molecule has 4 rings (SSSR count). The molecule has 1 N–H and O–H groups in total. The SMILES string of the molecule is COc1ccc(-c2csc3cnc(Nc4ccc(CP(=O)(OC)OC)cc4)nc23)cc1. The van der Waals surface area contributed by atoms with Crippen LogP contribution in [0.5, 0.6) is 5.75 Å². The third-order valence-corrected chi connectivity index (χ3v) is 7.63. The summed E-state index contributed by atoms with van der Waals surface area (Å²) < 4.78 is 28.6. The number of aromatic nitrogens is 2. The fraction of sp³-hybridized carbons (Fsp3) is 0.182. The van der Waals surface area contributed by atoms with Gasteiger partial charge in [0.15, 0.2) is 0 Å². The molecule has 0 aliphatic rings. The maximum Gasteiger partial charge on any atom is 0.334 e. The standard InChI is InChI=1S/C22H22N3O4PS/c1-27-18-10-6-16(7-11-18)19-14-31-20-12-23-22(25-21(19)20)24-17-8-4-15(5-9-17)13-30(26,28-2)29-3/h4-12,14H,13H2,1-3H3,(H,23,24,25). The van der Waals surface area contributed by atoms with E-state index >= 15 is 0 Å². The number of thiophene rings is 1. The van der Waals surface area contributed by atoms with Crippen molar-refractivity contribution in [3.8, 4) is 16.9 Å². The lowest BCUT2D eigenvalue weighted by molar-refractivity contribution is 0.275. The number of ether oxygens (including phenoxy) is 1. The minimum absolute atomic E-state index is 0.211. The average Bonchev–Trinajstić information content (AvgIpc) is 3.23. The van der Waals surface area contributed by atoms with Crippen LogP contribution in [0.2, 0.25) is 0 Å². The largest absolute Gasteiger partial charge is 0.497 e. The number of methoxy groups -OCH3 is 1. The van der Waals surface area contributed by atoms with Crippen LogP contribution in [0, 0.1) is 0 Å². The van der Waals surface area contributed by atoms with Crippen molar-refractivity contribution in [3.05, 3.63) is 65.7 Å². The van der Waals surface area contributed by atoms with Crippen molar-refractivity contribution in [1.82, 2.24) is 9.97 Å². The third-order valence-electron chi connectivity index (χ3n) is 4.86. The summed E-state index contributed by atoms with van der Waals surface area (Å²) in [4.78, 5) is 9.16. The van der Waals surface area contributed by atoms with Crippen LogP contribution in [-0.2, 0) is 19.8 Å². The van der Waals surface area contributed by atoms with Gasteiger partial charge in [0.2, 0.25) is 5.95 Å². The molecular formula is C22H22N3O4PS. The van der Waals surface area contributed by atoms with Crippen molar-refractivity contribution in [1.29, 1.82) is 0 Å². The highest BCUT2D eigenvalue weighted by atomic mass is 32.1. The molecule has 0 saturated heterocycles. The van der Waals surface area contributed by atoms with Gasteiger partial charge in [0, 0.05) is 30.9 Å². The molecule has 0 aliphatic carbocycles. The number of rotatable bonds is 8. The molecule has 0 fully saturated rings. The van der Waals surface area contributed by atoms with E-state index in [1.54, 1.807) is 18.4 Å². The first-order chi connectivity index (χ1) is 15.0. The van der Waals surface area contributed by atoms with E-state index < -0.39 is 7.60 Å². The van der Waals surface area contributed by atoms with E-state index in [4.69, 9.17) is 18.8 Å². The van der Waals surface area contributed by atoms with E-state index in [0.717, 1.165) is 38.3 Å². The summed E-state index contributed by atoms with van der Waals surface area (Å²) in [6.45, 7) is 0. The minimum atomic E-state index is -3.10. The molecule has 160 valence electrons. The summed E-state index contributed by atoms with van der Waals surface area (Å²) in [6.07, 6.45) is 2.03. The van der Waals surface area contributed by atoms with Crippen molar-refractivity contribution >= 4 is 40.8 Å². The highest BCUT2D eigenvalue weighted by molar-refractivity contribution is 7.52. The van der Waals surface area contributed by atoms with Gasteiger partial charge in [-0.25, -0.2) is 9.97 Å². The van der Waals surface area contributed by atoms with E-state index in [0.29, 0.717) is 5.95 Å². The molecule has 2 aromatic carbocycles. The maximum atomic E-state index is 12.3. The first-order valence-corrected chi connectivity index (χ1v) is 12.1. The van der Waals surface area contributed by atoms with Gasteiger partial charge in [-0.1, -0.05) is 24.3 Å². The Morgan fingerprint density at radius 1 is 1.00 bits per heavy atom. The number of benzene rings is 2. The van der Waals surface area contributed by atoms with E-state index in [9.17, 15) is 4.57 Å². The summed E-state index contributed by atoms with van der Waals surface area (Å²) in [5.74, 6) is 1.32. The molecule has 9 heteroatoms. The quantitative estimate of drug-likeness (QED) is 0.322. The van der Waals surface area contributed by atoms with Crippen molar-refractivity contribution in [2.45, 2.75) is 6.16 Å². The molecule has 0 amide bonds. The summed E-state index contributed by atoms with van der Waals surface area (Å²) in [7, 11) is 1.33. The number of hydrogen-bond acceptors (Lipinski definition) is 8. The molecule has 31 heavy (non-hydrogen) atoms. The van der Waals surface area contributed by atoms with E-state index in [-0.39, 0.29) is 6.16 Å². The normalized spacial score (nSPS) is 11.6. The molecule has 0 aliphatic heterocycles. The van der Waals surface area contributed by atoms with Gasteiger partial charge in [-0.3, -0.25) is 4.57 Å². The fourth-order valence-corrected chi connectivity index (χ4v) is 5.05. The Labute approximate surface area is 184 Å². The zero-order chi connectivity index (χ0) is 21.8. The van der Waals surface area contributed by atoms with Crippen molar-refractivity contribution in [2.24, 2.45) is 0 Å². The molecule has 0 atom stereocenters. The van der Waals surface area contributed by atoms with Crippen molar-refractivity contribution in [2.75, 3.05) is 26.6 Å². The molecule has 2 heterocycles. The number of anilines is 2. The highest BCUT2D eigenvalue weighted by Crippen LogP contribution is 2.49. The Kier molecular flexibility index (Phi) is 6.34. The molecule has 0 spiro atoms. The van der Waals surface area contributed by atoms with Gasteiger partial charge < -0.3 is 19.1 Å². The van der Waals surface area contributed by atoms with Crippen LogP contribution >= 0.6 is 18.9 Å². The van der Waals surface area contributed by atoms with E-state index in [2.05, 4.69) is 15.7 Å². The summed E-state index contributed by atoms with van der Waals surface area (Å²) in [6, 6.07) is 15.4. The van der Waals surface area contributed by atoms with Gasteiger partial charge >= 0.3 is 7.60 Å². The zero-order valence-corrected chi connectivity index (χ0v) is 19.1. The molecule has 0 saturated carbocycles. The molecule has 2 aromatic heterocycles. The van der Waals surface area contributed by atoms with Crippen LogP contribution in [-0.4, -0.2) is 31.3 Å². The smallest absolute Gasteiger partial charge is 0.334 e. The van der Waals surface area contributed by atoms with E-state index in [1.165, 1.54) is 14.2 Å². The molecule has 7 nitrogen and oxygen atoms in total. The Morgan fingerprint density at radius 3 is 2.35 bits per heavy atom. The summed E-state index contributed by atoms with van der Waals surface area (Å²) in [5.41, 5.74) is 4.70. The topological polar surface area (TPSA) is 82.6 Å². The van der Waals surface area contributed by atoms with Crippen LogP contribution in [0.3, 0.4) is 0 Å². The van der Waals surface area contributed by atoms with Gasteiger partial charge in [0.25, 0.3) is 0 Å². The highest BCUT2D eigenvalue weighted by Gasteiger charge is 2.21. The second kappa shape index (κ2) is 9.16. The predicted octanol–water partition coefficient (Wildman–Crippen LogP) is 6.10. The molecular weight excluding hydrogens is 433 g/mol. The Hall–Kier alpha value is -2.77. The Bertz CT molecular complexity index is 1220. The molecule has 4 aromatic rings. The number of fused-ring (bicyclic) bond motifs is 1. The van der Waals surface area contributed by atoms with E-state index in [1.807, 2.05) is 54.7 Å². The van der Waals surface area contributed by atoms with Gasteiger partial charge in [0.1, 0.15) is 5.75 Å². The summed E-state index contributed by atoms with van der Waals surface area (Å²) in [5, 5.41) is 5.32. The van der Waals surface area contributed by atoms with Crippen LogP contribution in [0.25, 0.3) is 21.3 Å². The van der Waals surface area contributed by atoms with Crippen molar-refractivity contribution in [3.63, 3.8) is 0 Å². The first kappa shape index (κ1) is 21.5. The zero-order valence-electron chi connectivity index (χ0n) is 17.4. The van der Waals surface area contributed by atoms with Crippen LogP contribution < -0.4 is 10.1 Å². The number of nitrogens with zero attached hydrogens (tertiary/aromatic N) is 2. The Balaban J connectivity index is 1.55. The van der Waals surface area contributed by atoms with Crippen LogP contribution in [0.15, 0.2) is 60.1 Å². The van der Waals surface area contributed by atoms with Crippen LogP contribution in [0.1, 0.15) is 5.56 Å².